The van der Waals surface area contributed by atoms with Crippen LogP contribution in [-0.2, 0) is 16.2 Å². The molecule has 6 nitrogen and oxygen atoms in total. The zero-order valence-electron chi connectivity index (χ0n) is 12.2. The summed E-state index contributed by atoms with van der Waals surface area (Å²) >= 11 is 0. The Labute approximate surface area is 124 Å². The van der Waals surface area contributed by atoms with Gasteiger partial charge in [-0.15, -0.1) is 0 Å². The van der Waals surface area contributed by atoms with Crippen molar-refractivity contribution in [2.45, 2.75) is 44.6 Å². The second-order valence-corrected chi connectivity index (χ2v) is 6.22. The van der Waals surface area contributed by atoms with Crippen LogP contribution in [-0.4, -0.2) is 40.8 Å². The smallest absolute Gasteiger partial charge is 0.241 e. The van der Waals surface area contributed by atoms with E-state index in [1.165, 1.54) is 45.2 Å². The Morgan fingerprint density at radius 3 is 2.71 bits per heavy atom. The molecular weight excluding hydrogens is 270 g/mol. The highest BCUT2D eigenvalue weighted by Crippen LogP contribution is 2.30. The number of likely N-dealkylation sites (tertiary alicyclic amines) is 1. The van der Waals surface area contributed by atoms with Crippen LogP contribution in [0.5, 0.6) is 0 Å². The molecule has 4 rings (SSSR count). The van der Waals surface area contributed by atoms with Crippen molar-refractivity contribution in [1.29, 1.82) is 0 Å². The van der Waals surface area contributed by atoms with E-state index in [4.69, 9.17) is 14.3 Å². The summed E-state index contributed by atoms with van der Waals surface area (Å²) in [5.74, 6) is 2.42. The first-order chi connectivity index (χ1) is 10.4. The van der Waals surface area contributed by atoms with E-state index in [0.717, 1.165) is 12.5 Å². The fourth-order valence-corrected chi connectivity index (χ4v) is 3.33. The molecule has 0 unspecified atom stereocenters. The van der Waals surface area contributed by atoms with Gasteiger partial charge in [0.2, 0.25) is 17.5 Å². The molecule has 3 aliphatic rings. The van der Waals surface area contributed by atoms with Crippen molar-refractivity contribution in [3.05, 3.63) is 17.8 Å². The lowest BCUT2D eigenvalue weighted by atomic mass is 9.87. The monoisotopic (exact) mass is 291 g/mol. The Morgan fingerprint density at radius 1 is 1.19 bits per heavy atom. The maximum absolute atomic E-state index is 5.34. The van der Waals surface area contributed by atoms with Gasteiger partial charge in [0, 0.05) is 12.5 Å². The largest absolute Gasteiger partial charge is 0.339 e. The Kier molecular flexibility index (Phi) is 3.65. The van der Waals surface area contributed by atoms with E-state index in [-0.39, 0.29) is 0 Å². The molecule has 3 heterocycles. The Balaban J connectivity index is 1.30. The molecule has 114 valence electrons. The van der Waals surface area contributed by atoms with Crippen molar-refractivity contribution in [2.75, 3.05) is 19.7 Å². The first-order valence-corrected chi connectivity index (χ1v) is 7.95. The van der Waals surface area contributed by atoms with E-state index in [1.54, 1.807) is 0 Å². The van der Waals surface area contributed by atoms with E-state index in [9.17, 15) is 0 Å². The molecule has 2 fully saturated rings. The zero-order chi connectivity index (χ0) is 14.1. The van der Waals surface area contributed by atoms with Crippen LogP contribution in [0.1, 0.15) is 43.8 Å². The minimum atomic E-state index is 0.443. The first-order valence-electron chi connectivity index (χ1n) is 7.95. The molecule has 0 spiro atoms. The third-order valence-electron chi connectivity index (χ3n) is 4.88. The highest BCUT2D eigenvalue weighted by atomic mass is 17.2. The van der Waals surface area contributed by atoms with Gasteiger partial charge in [0.1, 0.15) is 6.61 Å². The second kappa shape index (κ2) is 5.77. The van der Waals surface area contributed by atoms with E-state index in [1.807, 2.05) is 6.08 Å². The summed E-state index contributed by atoms with van der Waals surface area (Å²) < 4.78 is 5.34. The van der Waals surface area contributed by atoms with Gasteiger partial charge in [0.25, 0.3) is 0 Å². The van der Waals surface area contributed by atoms with Crippen LogP contribution in [0.2, 0.25) is 0 Å². The van der Waals surface area contributed by atoms with Crippen molar-refractivity contribution >= 4 is 5.76 Å². The second-order valence-electron chi connectivity index (χ2n) is 6.22. The number of piperidine rings is 1. The summed E-state index contributed by atoms with van der Waals surface area (Å²) in [6.45, 7) is 2.88. The van der Waals surface area contributed by atoms with Gasteiger partial charge in [-0.1, -0.05) is 11.6 Å². The standard InChI is InChI=1S/C15H21N3O3/c1-2-12(3-1)18-7-4-11(5-8-18)10-14-16-15(17-20-14)13-6-9-19-21-13/h6,11-12H,1-5,7-10H2. The van der Waals surface area contributed by atoms with Crippen molar-refractivity contribution in [1.82, 2.24) is 15.0 Å². The summed E-state index contributed by atoms with van der Waals surface area (Å²) in [4.78, 5) is 16.8. The minimum Gasteiger partial charge on any atom is -0.339 e. The number of hydrogen-bond acceptors (Lipinski definition) is 6. The predicted molar refractivity (Wildman–Crippen MR) is 75.0 cm³/mol. The highest BCUT2D eigenvalue weighted by Gasteiger charge is 2.29. The van der Waals surface area contributed by atoms with Gasteiger partial charge in [-0.25, -0.2) is 0 Å². The molecule has 1 saturated carbocycles. The lowest BCUT2D eigenvalue weighted by molar-refractivity contribution is -0.209. The lowest BCUT2D eigenvalue weighted by Gasteiger charge is -2.41. The molecule has 0 N–H and O–H groups in total. The van der Waals surface area contributed by atoms with Gasteiger partial charge in [-0.2, -0.15) is 9.87 Å². The maximum Gasteiger partial charge on any atom is 0.241 e. The number of aromatic nitrogens is 2. The summed E-state index contributed by atoms with van der Waals surface area (Å²) in [5.41, 5.74) is 0. The van der Waals surface area contributed by atoms with Gasteiger partial charge in [-0.3, -0.25) is 0 Å². The molecule has 0 bridgehead atoms. The molecule has 0 aromatic carbocycles. The molecule has 0 atom stereocenters. The van der Waals surface area contributed by atoms with Gasteiger partial charge >= 0.3 is 0 Å². The molecule has 1 aromatic rings. The van der Waals surface area contributed by atoms with Gasteiger partial charge in [0.05, 0.1) is 0 Å². The quantitative estimate of drug-likeness (QED) is 0.792. The fourth-order valence-electron chi connectivity index (χ4n) is 3.33. The molecule has 6 heteroatoms. The SMILES string of the molecule is C1=C(c2noc(CC3CCN(C4CCC4)CC3)n2)OOC1. The van der Waals surface area contributed by atoms with Crippen molar-refractivity contribution in [3.63, 3.8) is 0 Å². The predicted octanol–water partition coefficient (Wildman–Crippen LogP) is 2.18. The van der Waals surface area contributed by atoms with Crippen LogP contribution in [0.25, 0.3) is 5.76 Å². The van der Waals surface area contributed by atoms with Gasteiger partial charge in [-0.05, 0) is 50.8 Å². The van der Waals surface area contributed by atoms with E-state index >= 15 is 0 Å². The number of rotatable bonds is 4. The van der Waals surface area contributed by atoms with Crippen molar-refractivity contribution in [2.24, 2.45) is 5.92 Å². The number of hydrogen-bond donors (Lipinski definition) is 0. The average Bonchev–Trinajstić information content (AvgIpc) is 3.09. The average molecular weight is 291 g/mol. The highest BCUT2D eigenvalue weighted by molar-refractivity contribution is 5.52. The number of nitrogens with zero attached hydrogens (tertiary/aromatic N) is 3. The Hall–Kier alpha value is -1.40. The first kappa shape index (κ1) is 13.3. The molecule has 0 radical (unpaired) electrons. The molecule has 0 amide bonds. The van der Waals surface area contributed by atoms with Gasteiger partial charge < -0.3 is 14.3 Å². The van der Waals surface area contributed by atoms with Crippen LogP contribution < -0.4 is 0 Å². The Morgan fingerprint density at radius 2 is 2.05 bits per heavy atom. The lowest BCUT2D eigenvalue weighted by Crippen LogP contribution is -2.45. The topological polar surface area (TPSA) is 60.6 Å². The summed E-state index contributed by atoms with van der Waals surface area (Å²) in [5, 5.41) is 3.96. The summed E-state index contributed by atoms with van der Waals surface area (Å²) in [6, 6.07) is 0.868. The molecule has 1 aromatic heterocycles. The molecule has 1 saturated heterocycles. The van der Waals surface area contributed by atoms with Gasteiger partial charge in [0.15, 0.2) is 0 Å². The minimum absolute atomic E-state index is 0.443. The molecule has 21 heavy (non-hydrogen) atoms. The van der Waals surface area contributed by atoms with Crippen LogP contribution >= 0.6 is 0 Å². The third-order valence-corrected chi connectivity index (χ3v) is 4.88. The van der Waals surface area contributed by atoms with Crippen molar-refractivity contribution in [3.8, 4) is 0 Å². The summed E-state index contributed by atoms with van der Waals surface area (Å²) in [7, 11) is 0. The van der Waals surface area contributed by atoms with Crippen LogP contribution in [0.4, 0.5) is 0 Å². The normalized spacial score (nSPS) is 24.7. The van der Waals surface area contributed by atoms with E-state index < -0.39 is 0 Å². The zero-order valence-corrected chi connectivity index (χ0v) is 12.2. The van der Waals surface area contributed by atoms with E-state index in [2.05, 4.69) is 15.0 Å². The summed E-state index contributed by atoms with van der Waals surface area (Å²) in [6.07, 6.45) is 9.36. The van der Waals surface area contributed by atoms with Crippen molar-refractivity contribution < 1.29 is 14.3 Å². The molecule has 1 aliphatic carbocycles. The van der Waals surface area contributed by atoms with Crippen LogP contribution in [0.3, 0.4) is 0 Å². The molecule has 2 aliphatic heterocycles. The fraction of sp³-hybridized carbons (Fsp3) is 0.733. The third kappa shape index (κ3) is 2.82. The Bertz CT molecular complexity index is 516. The molecular formula is C15H21N3O3. The van der Waals surface area contributed by atoms with Crippen LogP contribution in [0, 0.1) is 5.92 Å². The maximum atomic E-state index is 5.34. The van der Waals surface area contributed by atoms with Crippen LogP contribution in [0.15, 0.2) is 10.6 Å². The van der Waals surface area contributed by atoms with E-state index in [0.29, 0.717) is 30.0 Å².